The van der Waals surface area contributed by atoms with Gasteiger partial charge in [0.1, 0.15) is 0 Å². The zero-order valence-corrected chi connectivity index (χ0v) is 14.8. The predicted molar refractivity (Wildman–Crippen MR) is 98.1 cm³/mol. The Kier molecular flexibility index (Phi) is 4.53. The molecule has 2 heterocycles. The highest BCUT2D eigenvalue weighted by atomic mass is 16.2. The first kappa shape index (κ1) is 16.3. The van der Waals surface area contributed by atoms with E-state index in [0.717, 1.165) is 44.8 Å². The third kappa shape index (κ3) is 3.74. The second-order valence-electron chi connectivity index (χ2n) is 7.29. The number of nitrogens with zero attached hydrogens (tertiary/aromatic N) is 3. The van der Waals surface area contributed by atoms with Gasteiger partial charge in [0.15, 0.2) is 0 Å². The summed E-state index contributed by atoms with van der Waals surface area (Å²) in [5, 5.41) is 0. The zero-order valence-electron chi connectivity index (χ0n) is 14.8. The van der Waals surface area contributed by atoms with Crippen LogP contribution in [0.2, 0.25) is 0 Å². The maximum Gasteiger partial charge on any atom is 0.226 e. The van der Waals surface area contributed by atoms with Crippen molar-refractivity contribution in [1.82, 2.24) is 14.8 Å². The fourth-order valence-electron chi connectivity index (χ4n) is 3.82. The van der Waals surface area contributed by atoms with Crippen molar-refractivity contribution in [2.45, 2.75) is 25.8 Å². The first-order chi connectivity index (χ1) is 12.2. The number of rotatable bonds is 4. The minimum atomic E-state index is 0.198. The van der Waals surface area contributed by atoms with E-state index >= 15 is 0 Å². The third-order valence-corrected chi connectivity index (χ3v) is 5.37. The second-order valence-corrected chi connectivity index (χ2v) is 7.29. The van der Waals surface area contributed by atoms with E-state index in [-0.39, 0.29) is 5.92 Å². The van der Waals surface area contributed by atoms with Crippen molar-refractivity contribution in [3.05, 3.63) is 65.5 Å². The van der Waals surface area contributed by atoms with Crippen LogP contribution in [0.1, 0.15) is 29.2 Å². The van der Waals surface area contributed by atoms with Crippen LogP contribution in [0.15, 0.2) is 48.7 Å². The van der Waals surface area contributed by atoms with E-state index in [1.54, 1.807) is 0 Å². The Labute approximate surface area is 149 Å². The van der Waals surface area contributed by atoms with Gasteiger partial charge in [-0.15, -0.1) is 0 Å². The monoisotopic (exact) mass is 335 g/mol. The predicted octanol–water partition coefficient (Wildman–Crippen LogP) is 2.84. The molecule has 0 radical (unpaired) electrons. The summed E-state index contributed by atoms with van der Waals surface area (Å²) in [7, 11) is 0. The first-order valence-corrected chi connectivity index (χ1v) is 9.18. The quantitative estimate of drug-likeness (QED) is 0.862. The lowest BCUT2D eigenvalue weighted by Crippen LogP contribution is -2.48. The van der Waals surface area contributed by atoms with Crippen LogP contribution in [0.5, 0.6) is 0 Å². The highest BCUT2D eigenvalue weighted by Crippen LogP contribution is 2.48. The van der Waals surface area contributed by atoms with Crippen molar-refractivity contribution >= 4 is 5.91 Å². The van der Waals surface area contributed by atoms with Gasteiger partial charge in [0.05, 0.1) is 5.69 Å². The average Bonchev–Trinajstić information content (AvgIpc) is 3.43. The molecule has 0 spiro atoms. The molecule has 130 valence electrons. The Morgan fingerprint density at radius 1 is 1.12 bits per heavy atom. The van der Waals surface area contributed by atoms with Crippen molar-refractivity contribution in [2.24, 2.45) is 5.92 Å². The molecule has 1 aromatic carbocycles. The molecule has 1 amide bonds. The van der Waals surface area contributed by atoms with E-state index in [1.807, 2.05) is 18.3 Å². The summed E-state index contributed by atoms with van der Waals surface area (Å²) < 4.78 is 0. The van der Waals surface area contributed by atoms with Crippen LogP contribution >= 0.6 is 0 Å². The SMILES string of the molecule is Cc1cccc([C@@H]2C[C@H]2C(=O)N2CCN(Cc3ccccn3)CC2)c1. The van der Waals surface area contributed by atoms with Crippen molar-refractivity contribution < 1.29 is 4.79 Å². The highest BCUT2D eigenvalue weighted by Gasteiger charge is 2.46. The van der Waals surface area contributed by atoms with Crippen LogP contribution in [0, 0.1) is 12.8 Å². The Bertz CT molecular complexity index is 738. The van der Waals surface area contributed by atoms with Gasteiger partial charge in [-0.05, 0) is 37.0 Å². The van der Waals surface area contributed by atoms with E-state index in [0.29, 0.717) is 11.8 Å². The molecule has 0 N–H and O–H groups in total. The molecule has 4 heteroatoms. The smallest absolute Gasteiger partial charge is 0.226 e. The zero-order chi connectivity index (χ0) is 17.2. The molecule has 1 aliphatic carbocycles. The van der Waals surface area contributed by atoms with Crippen LogP contribution < -0.4 is 0 Å². The topological polar surface area (TPSA) is 36.4 Å². The van der Waals surface area contributed by atoms with Crippen LogP contribution in [-0.2, 0) is 11.3 Å². The molecule has 4 rings (SSSR count). The van der Waals surface area contributed by atoms with Gasteiger partial charge < -0.3 is 4.90 Å². The van der Waals surface area contributed by atoms with Crippen molar-refractivity contribution in [3.8, 4) is 0 Å². The minimum Gasteiger partial charge on any atom is -0.340 e. The minimum absolute atomic E-state index is 0.198. The van der Waals surface area contributed by atoms with Gasteiger partial charge in [-0.3, -0.25) is 14.7 Å². The number of aryl methyl sites for hydroxylation is 1. The molecular weight excluding hydrogens is 310 g/mol. The third-order valence-electron chi connectivity index (χ3n) is 5.37. The number of hydrogen-bond acceptors (Lipinski definition) is 3. The van der Waals surface area contributed by atoms with E-state index in [9.17, 15) is 4.79 Å². The molecule has 1 aromatic heterocycles. The van der Waals surface area contributed by atoms with Gasteiger partial charge in [0.25, 0.3) is 0 Å². The number of amides is 1. The number of benzene rings is 1. The fourth-order valence-corrected chi connectivity index (χ4v) is 3.82. The summed E-state index contributed by atoms with van der Waals surface area (Å²) in [6.45, 7) is 6.53. The number of carbonyl (C=O) groups excluding carboxylic acids is 1. The molecule has 1 saturated heterocycles. The normalized spacial score (nSPS) is 23.5. The average molecular weight is 335 g/mol. The lowest BCUT2D eigenvalue weighted by molar-refractivity contribution is -0.134. The van der Waals surface area contributed by atoms with E-state index in [2.05, 4.69) is 52.0 Å². The van der Waals surface area contributed by atoms with E-state index < -0.39 is 0 Å². The first-order valence-electron chi connectivity index (χ1n) is 9.18. The molecule has 2 atom stereocenters. The van der Waals surface area contributed by atoms with Crippen LogP contribution in [0.3, 0.4) is 0 Å². The lowest BCUT2D eigenvalue weighted by atomic mass is 10.1. The molecule has 0 bridgehead atoms. The maximum atomic E-state index is 12.8. The fraction of sp³-hybridized carbons (Fsp3) is 0.429. The lowest BCUT2D eigenvalue weighted by Gasteiger charge is -2.34. The highest BCUT2D eigenvalue weighted by molar-refractivity contribution is 5.83. The number of piperazine rings is 1. The number of aromatic nitrogens is 1. The summed E-state index contributed by atoms with van der Waals surface area (Å²) in [5.74, 6) is 0.979. The Hall–Kier alpha value is -2.20. The van der Waals surface area contributed by atoms with Crippen molar-refractivity contribution in [2.75, 3.05) is 26.2 Å². The van der Waals surface area contributed by atoms with Gasteiger partial charge in [-0.1, -0.05) is 35.9 Å². The molecule has 2 aromatic rings. The summed E-state index contributed by atoms with van der Waals surface area (Å²) in [5.41, 5.74) is 3.70. The summed E-state index contributed by atoms with van der Waals surface area (Å²) in [6.07, 6.45) is 2.85. The number of pyridine rings is 1. The molecule has 1 saturated carbocycles. The molecule has 1 aliphatic heterocycles. The van der Waals surface area contributed by atoms with Crippen LogP contribution in [0.4, 0.5) is 0 Å². The van der Waals surface area contributed by atoms with Gasteiger partial charge in [0.2, 0.25) is 5.91 Å². The van der Waals surface area contributed by atoms with Crippen molar-refractivity contribution in [3.63, 3.8) is 0 Å². The number of hydrogen-bond donors (Lipinski definition) is 0. The number of carbonyl (C=O) groups is 1. The summed E-state index contributed by atoms with van der Waals surface area (Å²) in [6, 6.07) is 14.6. The van der Waals surface area contributed by atoms with Gasteiger partial charge in [-0.25, -0.2) is 0 Å². The van der Waals surface area contributed by atoms with Crippen LogP contribution in [-0.4, -0.2) is 46.9 Å². The second kappa shape index (κ2) is 6.96. The molecule has 2 fully saturated rings. The largest absolute Gasteiger partial charge is 0.340 e. The molecule has 2 aliphatic rings. The summed E-state index contributed by atoms with van der Waals surface area (Å²) >= 11 is 0. The Morgan fingerprint density at radius 3 is 2.68 bits per heavy atom. The molecular formula is C21H25N3O. The van der Waals surface area contributed by atoms with Gasteiger partial charge in [-0.2, -0.15) is 0 Å². The van der Waals surface area contributed by atoms with Crippen LogP contribution in [0.25, 0.3) is 0 Å². The van der Waals surface area contributed by atoms with E-state index in [1.165, 1.54) is 11.1 Å². The molecule has 4 nitrogen and oxygen atoms in total. The summed E-state index contributed by atoms with van der Waals surface area (Å²) in [4.78, 5) is 21.6. The van der Waals surface area contributed by atoms with Gasteiger partial charge >= 0.3 is 0 Å². The van der Waals surface area contributed by atoms with Crippen molar-refractivity contribution in [1.29, 1.82) is 0 Å². The molecule has 0 unspecified atom stereocenters. The molecule has 25 heavy (non-hydrogen) atoms. The van der Waals surface area contributed by atoms with Gasteiger partial charge in [0, 0.05) is 44.8 Å². The van der Waals surface area contributed by atoms with E-state index in [4.69, 9.17) is 0 Å². The standard InChI is InChI=1S/C21H25N3O/c1-16-5-4-6-17(13-16)19-14-20(19)21(25)24-11-9-23(10-12-24)15-18-7-2-3-8-22-18/h2-8,13,19-20H,9-12,14-15H2,1H3/t19-,20+/m0/s1. The maximum absolute atomic E-state index is 12.8. The Morgan fingerprint density at radius 2 is 1.96 bits per heavy atom. The Balaban J connectivity index is 1.29.